The van der Waals surface area contributed by atoms with E-state index in [-0.39, 0.29) is 17.4 Å². The van der Waals surface area contributed by atoms with Crippen molar-refractivity contribution in [3.63, 3.8) is 0 Å². The minimum atomic E-state index is -0.602. The summed E-state index contributed by atoms with van der Waals surface area (Å²) in [6.45, 7) is 5.66. The Labute approximate surface area is 92.6 Å². The van der Waals surface area contributed by atoms with Gasteiger partial charge >= 0.3 is 17.4 Å². The molecule has 0 saturated carbocycles. The van der Waals surface area contributed by atoms with E-state index in [1.54, 1.807) is 20.8 Å². The summed E-state index contributed by atoms with van der Waals surface area (Å²) in [5.74, 6) is 0.268. The van der Waals surface area contributed by atoms with Crippen LogP contribution in [0.25, 0.3) is 0 Å². The molecule has 0 fully saturated rings. The molecule has 16 heavy (non-hydrogen) atoms. The van der Waals surface area contributed by atoms with Gasteiger partial charge in [0.25, 0.3) is 0 Å². The lowest BCUT2D eigenvalue weighted by atomic mass is 10.4. The second kappa shape index (κ2) is 5.24. The maximum atomic E-state index is 10.9. The van der Waals surface area contributed by atoms with E-state index in [4.69, 9.17) is 9.47 Å². The second-order valence-electron chi connectivity index (χ2n) is 2.85. The van der Waals surface area contributed by atoms with Crippen LogP contribution >= 0.6 is 0 Å². The minimum absolute atomic E-state index is 0.0524. The molecule has 1 heterocycles. The van der Waals surface area contributed by atoms with Gasteiger partial charge in [0, 0.05) is 0 Å². The van der Waals surface area contributed by atoms with E-state index in [1.807, 2.05) is 0 Å². The normalized spacial score (nSPS) is 9.94. The fourth-order valence-corrected chi connectivity index (χ4v) is 1.15. The lowest BCUT2D eigenvalue weighted by molar-refractivity contribution is -0.387. The number of aryl methyl sites for hydroxylation is 1. The SMILES string of the molecule is CCOc1nc(C)nc(OCC)c1[N+](=O)[O-]. The van der Waals surface area contributed by atoms with Crippen molar-refractivity contribution in [2.45, 2.75) is 20.8 Å². The summed E-state index contributed by atoms with van der Waals surface area (Å²) in [4.78, 5) is 18.0. The zero-order valence-electron chi connectivity index (χ0n) is 9.39. The molecule has 0 aliphatic rings. The molecule has 0 aromatic carbocycles. The van der Waals surface area contributed by atoms with E-state index in [0.717, 1.165) is 0 Å². The molecule has 0 aliphatic heterocycles. The number of rotatable bonds is 5. The van der Waals surface area contributed by atoms with Crippen molar-refractivity contribution in [3.05, 3.63) is 15.9 Å². The third-order valence-corrected chi connectivity index (χ3v) is 1.68. The maximum Gasteiger partial charge on any atom is 0.392 e. The molecule has 0 aliphatic carbocycles. The minimum Gasteiger partial charge on any atom is -0.473 e. The average Bonchev–Trinajstić information content (AvgIpc) is 2.17. The number of ether oxygens (including phenoxy) is 2. The summed E-state index contributed by atoms with van der Waals surface area (Å²) in [7, 11) is 0. The lowest BCUT2D eigenvalue weighted by Crippen LogP contribution is -2.07. The molecular weight excluding hydrogens is 214 g/mol. The van der Waals surface area contributed by atoms with Crippen molar-refractivity contribution in [2.24, 2.45) is 0 Å². The highest BCUT2D eigenvalue weighted by molar-refractivity contribution is 5.49. The second-order valence-corrected chi connectivity index (χ2v) is 2.85. The molecule has 1 aromatic rings. The smallest absolute Gasteiger partial charge is 0.392 e. The van der Waals surface area contributed by atoms with Crippen molar-refractivity contribution >= 4 is 5.69 Å². The van der Waals surface area contributed by atoms with Crippen LogP contribution in [0, 0.1) is 17.0 Å². The Kier molecular flexibility index (Phi) is 3.98. The summed E-state index contributed by atoms with van der Waals surface area (Å²) in [6, 6.07) is 0. The van der Waals surface area contributed by atoms with Crippen LogP contribution in [0.1, 0.15) is 19.7 Å². The van der Waals surface area contributed by atoms with E-state index < -0.39 is 4.92 Å². The van der Waals surface area contributed by atoms with Crippen LogP contribution < -0.4 is 9.47 Å². The molecule has 0 unspecified atom stereocenters. The Morgan fingerprint density at radius 1 is 1.19 bits per heavy atom. The molecular formula is C9H13N3O4. The van der Waals surface area contributed by atoms with Crippen molar-refractivity contribution in [1.29, 1.82) is 0 Å². The summed E-state index contributed by atoms with van der Waals surface area (Å²) in [5.41, 5.74) is -0.325. The maximum absolute atomic E-state index is 10.9. The van der Waals surface area contributed by atoms with Gasteiger partial charge in [-0.1, -0.05) is 0 Å². The third-order valence-electron chi connectivity index (χ3n) is 1.68. The Bertz CT molecular complexity index is 367. The standard InChI is InChI=1S/C9H13N3O4/c1-4-15-8-7(12(13)14)9(16-5-2)11-6(3)10-8/h4-5H2,1-3H3. The molecule has 0 bridgehead atoms. The highest BCUT2D eigenvalue weighted by Crippen LogP contribution is 2.33. The van der Waals surface area contributed by atoms with E-state index in [0.29, 0.717) is 19.0 Å². The average molecular weight is 227 g/mol. The number of nitrogens with zero attached hydrogens (tertiary/aromatic N) is 3. The molecule has 0 N–H and O–H groups in total. The first-order valence-corrected chi connectivity index (χ1v) is 4.88. The number of hydrogen-bond donors (Lipinski definition) is 0. The Morgan fingerprint density at radius 3 is 1.94 bits per heavy atom. The van der Waals surface area contributed by atoms with Gasteiger partial charge in [0.1, 0.15) is 5.82 Å². The fraction of sp³-hybridized carbons (Fsp3) is 0.556. The fourth-order valence-electron chi connectivity index (χ4n) is 1.15. The molecule has 0 spiro atoms. The molecule has 7 nitrogen and oxygen atoms in total. The quantitative estimate of drug-likeness (QED) is 0.559. The predicted molar refractivity (Wildman–Crippen MR) is 55.8 cm³/mol. The first-order valence-electron chi connectivity index (χ1n) is 4.88. The molecule has 0 amide bonds. The Hall–Kier alpha value is -1.92. The van der Waals surface area contributed by atoms with Crippen molar-refractivity contribution < 1.29 is 14.4 Å². The van der Waals surface area contributed by atoms with Gasteiger partial charge in [-0.3, -0.25) is 10.1 Å². The Balaban J connectivity index is 3.29. The molecule has 7 heteroatoms. The third kappa shape index (κ3) is 2.56. The topological polar surface area (TPSA) is 87.4 Å². The summed E-state index contributed by atoms with van der Waals surface area (Å²) >= 11 is 0. The van der Waals surface area contributed by atoms with Crippen molar-refractivity contribution in [2.75, 3.05) is 13.2 Å². The van der Waals surface area contributed by atoms with Gasteiger partial charge < -0.3 is 9.47 Å². The number of aromatic nitrogens is 2. The summed E-state index contributed by atoms with van der Waals surface area (Å²) in [6.07, 6.45) is 0. The van der Waals surface area contributed by atoms with E-state index in [1.165, 1.54) is 0 Å². The summed E-state index contributed by atoms with van der Waals surface area (Å²) in [5, 5.41) is 10.9. The van der Waals surface area contributed by atoms with Crippen LogP contribution in [0.2, 0.25) is 0 Å². The monoisotopic (exact) mass is 227 g/mol. The molecule has 0 radical (unpaired) electrons. The van der Waals surface area contributed by atoms with Crippen LogP contribution in [-0.4, -0.2) is 28.1 Å². The van der Waals surface area contributed by atoms with Gasteiger partial charge in [0.05, 0.1) is 18.1 Å². The molecule has 1 aromatic heterocycles. The van der Waals surface area contributed by atoms with Crippen LogP contribution in [0.15, 0.2) is 0 Å². The van der Waals surface area contributed by atoms with Crippen LogP contribution in [0.5, 0.6) is 11.8 Å². The van der Waals surface area contributed by atoms with Crippen molar-refractivity contribution in [3.8, 4) is 11.8 Å². The predicted octanol–water partition coefficient (Wildman–Crippen LogP) is 1.49. The Morgan fingerprint density at radius 2 is 1.62 bits per heavy atom. The summed E-state index contributed by atoms with van der Waals surface area (Å²) < 4.78 is 10.2. The van der Waals surface area contributed by atoms with E-state index in [2.05, 4.69) is 9.97 Å². The van der Waals surface area contributed by atoms with Crippen molar-refractivity contribution in [1.82, 2.24) is 9.97 Å². The van der Waals surface area contributed by atoms with Crippen LogP contribution in [0.3, 0.4) is 0 Å². The lowest BCUT2D eigenvalue weighted by Gasteiger charge is -2.07. The molecule has 1 rings (SSSR count). The van der Waals surface area contributed by atoms with Gasteiger partial charge in [0.15, 0.2) is 0 Å². The highest BCUT2D eigenvalue weighted by Gasteiger charge is 2.26. The molecule has 0 atom stereocenters. The largest absolute Gasteiger partial charge is 0.473 e. The molecule has 0 saturated heterocycles. The van der Waals surface area contributed by atoms with Gasteiger partial charge in [-0.2, -0.15) is 9.97 Å². The van der Waals surface area contributed by atoms with Crippen LogP contribution in [0.4, 0.5) is 5.69 Å². The first-order chi connectivity index (χ1) is 7.60. The zero-order valence-corrected chi connectivity index (χ0v) is 9.39. The molecule has 88 valence electrons. The van der Waals surface area contributed by atoms with E-state index >= 15 is 0 Å². The van der Waals surface area contributed by atoms with Crippen LogP contribution in [-0.2, 0) is 0 Å². The van der Waals surface area contributed by atoms with Gasteiger partial charge in [-0.15, -0.1) is 0 Å². The van der Waals surface area contributed by atoms with Gasteiger partial charge in [0.2, 0.25) is 0 Å². The zero-order chi connectivity index (χ0) is 12.1. The number of nitro groups is 1. The van der Waals surface area contributed by atoms with Gasteiger partial charge in [-0.05, 0) is 20.8 Å². The first kappa shape index (κ1) is 12.2. The highest BCUT2D eigenvalue weighted by atomic mass is 16.6. The van der Waals surface area contributed by atoms with E-state index in [9.17, 15) is 10.1 Å². The number of hydrogen-bond acceptors (Lipinski definition) is 6. The van der Waals surface area contributed by atoms with Gasteiger partial charge in [-0.25, -0.2) is 0 Å².